The van der Waals surface area contributed by atoms with Gasteiger partial charge in [-0.2, -0.15) is 0 Å². The van der Waals surface area contributed by atoms with Gasteiger partial charge in [0, 0.05) is 23.6 Å². The van der Waals surface area contributed by atoms with E-state index in [0.29, 0.717) is 18.5 Å². The van der Waals surface area contributed by atoms with Gasteiger partial charge in [-0.05, 0) is 56.0 Å². The molecule has 0 bridgehead atoms. The van der Waals surface area contributed by atoms with Crippen LogP contribution in [0.2, 0.25) is 0 Å². The van der Waals surface area contributed by atoms with Crippen LogP contribution in [0.3, 0.4) is 0 Å². The van der Waals surface area contributed by atoms with Gasteiger partial charge in [-0.15, -0.1) is 0 Å². The largest absolute Gasteiger partial charge is 0.497 e. The summed E-state index contributed by atoms with van der Waals surface area (Å²) in [6.45, 7) is 2.49. The van der Waals surface area contributed by atoms with Gasteiger partial charge in [0.25, 0.3) is 5.91 Å². The summed E-state index contributed by atoms with van der Waals surface area (Å²) in [6, 6.07) is 13.2. The summed E-state index contributed by atoms with van der Waals surface area (Å²) in [5, 5.41) is 11.5. The van der Waals surface area contributed by atoms with Crippen molar-refractivity contribution in [3.05, 3.63) is 59.2 Å². The van der Waals surface area contributed by atoms with Gasteiger partial charge in [0.1, 0.15) is 11.5 Å². The fourth-order valence-electron chi connectivity index (χ4n) is 5.33. The lowest BCUT2D eigenvalue weighted by atomic mass is 9.65. The molecular weight excluding hydrogens is 378 g/mol. The summed E-state index contributed by atoms with van der Waals surface area (Å²) in [5.74, 6) is 1.42. The predicted molar refractivity (Wildman–Crippen MR) is 116 cm³/mol. The van der Waals surface area contributed by atoms with Gasteiger partial charge in [0.2, 0.25) is 0 Å². The molecule has 1 saturated carbocycles. The molecular formula is C25H31NO4. The molecule has 2 aromatic carbocycles. The first kappa shape index (κ1) is 20.7. The van der Waals surface area contributed by atoms with Crippen molar-refractivity contribution in [3.63, 3.8) is 0 Å². The van der Waals surface area contributed by atoms with Crippen LogP contribution in [0.5, 0.6) is 11.5 Å². The molecule has 2 aliphatic rings. The number of fused-ring (bicyclic) bond motifs is 1. The van der Waals surface area contributed by atoms with Crippen molar-refractivity contribution in [2.45, 2.75) is 50.7 Å². The number of piperidine rings is 1. The molecule has 1 aliphatic heterocycles. The molecule has 3 unspecified atom stereocenters. The number of hydrogen-bond donors (Lipinski definition) is 1. The van der Waals surface area contributed by atoms with Crippen molar-refractivity contribution < 1.29 is 19.4 Å². The Labute approximate surface area is 178 Å². The Morgan fingerprint density at radius 3 is 2.63 bits per heavy atom. The van der Waals surface area contributed by atoms with Crippen LogP contribution in [0.4, 0.5) is 0 Å². The number of likely N-dealkylation sites (tertiary alicyclic amines) is 1. The number of nitrogens with zero attached hydrogens (tertiary/aromatic N) is 1. The Balaban J connectivity index is 1.84. The van der Waals surface area contributed by atoms with Crippen LogP contribution in [0, 0.1) is 12.8 Å². The predicted octanol–water partition coefficient (Wildman–Crippen LogP) is 4.52. The average Bonchev–Trinajstić information content (AvgIpc) is 2.77. The maximum Gasteiger partial charge on any atom is 0.254 e. The van der Waals surface area contributed by atoms with Gasteiger partial charge in [-0.3, -0.25) is 4.79 Å². The van der Waals surface area contributed by atoms with E-state index in [4.69, 9.17) is 9.47 Å². The SMILES string of the molecule is COc1ccc(OC)c(C2C3CCCCC3(O)CCN2C(=O)c2ccccc2C)c1. The van der Waals surface area contributed by atoms with Crippen molar-refractivity contribution >= 4 is 5.91 Å². The van der Waals surface area contributed by atoms with Crippen LogP contribution in [0.25, 0.3) is 0 Å². The molecule has 1 amide bonds. The number of aryl methyl sites for hydroxylation is 1. The third-order valence-corrected chi connectivity index (χ3v) is 6.96. The number of amides is 1. The minimum absolute atomic E-state index is 0.00981. The van der Waals surface area contributed by atoms with E-state index >= 15 is 0 Å². The van der Waals surface area contributed by atoms with Gasteiger partial charge < -0.3 is 19.5 Å². The number of methoxy groups -OCH3 is 2. The molecule has 1 aliphatic carbocycles. The Kier molecular flexibility index (Phi) is 5.74. The maximum absolute atomic E-state index is 13.7. The second kappa shape index (κ2) is 8.31. The summed E-state index contributed by atoms with van der Waals surface area (Å²) in [4.78, 5) is 15.7. The molecule has 2 fully saturated rings. The molecule has 1 saturated heterocycles. The fraction of sp³-hybridized carbons (Fsp3) is 0.480. The number of benzene rings is 2. The number of aliphatic hydroxyl groups is 1. The van der Waals surface area contributed by atoms with E-state index in [9.17, 15) is 9.90 Å². The standard InChI is InChI=1S/C25H31NO4/c1-17-8-4-5-9-19(17)24(27)26-15-14-25(28)13-7-6-10-21(25)23(26)20-16-18(29-2)11-12-22(20)30-3/h4-5,8-9,11-12,16,21,23,28H,6-7,10,13-15H2,1-3H3. The number of rotatable bonds is 4. The minimum atomic E-state index is -0.750. The smallest absolute Gasteiger partial charge is 0.254 e. The van der Waals surface area contributed by atoms with E-state index in [1.54, 1.807) is 14.2 Å². The van der Waals surface area contributed by atoms with Crippen molar-refractivity contribution in [1.82, 2.24) is 4.90 Å². The Morgan fingerprint density at radius 1 is 1.10 bits per heavy atom. The molecule has 0 radical (unpaired) electrons. The normalized spacial score (nSPS) is 26.1. The van der Waals surface area contributed by atoms with E-state index < -0.39 is 5.60 Å². The topological polar surface area (TPSA) is 59.0 Å². The van der Waals surface area contributed by atoms with Gasteiger partial charge in [-0.25, -0.2) is 0 Å². The quantitative estimate of drug-likeness (QED) is 0.807. The number of carbonyl (C=O) groups excluding carboxylic acids is 1. The number of carbonyl (C=O) groups is 1. The van der Waals surface area contributed by atoms with E-state index in [1.807, 2.05) is 54.3 Å². The Bertz CT molecular complexity index is 927. The van der Waals surface area contributed by atoms with Crippen LogP contribution in [-0.4, -0.2) is 42.3 Å². The molecule has 1 N–H and O–H groups in total. The first-order chi connectivity index (χ1) is 14.5. The summed E-state index contributed by atoms with van der Waals surface area (Å²) in [7, 11) is 3.29. The molecule has 30 heavy (non-hydrogen) atoms. The fourth-order valence-corrected chi connectivity index (χ4v) is 5.33. The molecule has 5 nitrogen and oxygen atoms in total. The van der Waals surface area contributed by atoms with Crippen molar-refractivity contribution in [2.24, 2.45) is 5.92 Å². The molecule has 2 aromatic rings. The highest BCUT2D eigenvalue weighted by Crippen LogP contribution is 2.51. The molecule has 5 heteroatoms. The molecule has 0 aromatic heterocycles. The molecule has 4 rings (SSSR count). The van der Waals surface area contributed by atoms with E-state index in [-0.39, 0.29) is 17.9 Å². The highest BCUT2D eigenvalue weighted by Gasteiger charge is 2.51. The highest BCUT2D eigenvalue weighted by molar-refractivity contribution is 5.96. The van der Waals surface area contributed by atoms with Crippen LogP contribution in [0.15, 0.2) is 42.5 Å². The summed E-state index contributed by atoms with van der Waals surface area (Å²) >= 11 is 0. The van der Waals surface area contributed by atoms with Gasteiger partial charge >= 0.3 is 0 Å². The van der Waals surface area contributed by atoms with Crippen molar-refractivity contribution in [3.8, 4) is 11.5 Å². The van der Waals surface area contributed by atoms with Gasteiger partial charge in [0.15, 0.2) is 0 Å². The third-order valence-electron chi connectivity index (χ3n) is 6.96. The maximum atomic E-state index is 13.7. The lowest BCUT2D eigenvalue weighted by Crippen LogP contribution is -2.56. The first-order valence-electron chi connectivity index (χ1n) is 10.8. The van der Waals surface area contributed by atoms with Crippen LogP contribution >= 0.6 is 0 Å². The Morgan fingerprint density at radius 2 is 1.90 bits per heavy atom. The zero-order chi connectivity index (χ0) is 21.3. The highest BCUT2D eigenvalue weighted by atomic mass is 16.5. The third kappa shape index (κ3) is 3.56. The van der Waals surface area contributed by atoms with E-state index in [0.717, 1.165) is 48.3 Å². The molecule has 0 spiro atoms. The average molecular weight is 410 g/mol. The zero-order valence-corrected chi connectivity index (χ0v) is 18.1. The summed E-state index contributed by atoms with van der Waals surface area (Å²) < 4.78 is 11.2. The summed E-state index contributed by atoms with van der Waals surface area (Å²) in [5.41, 5.74) is 1.83. The second-order valence-corrected chi connectivity index (χ2v) is 8.57. The Hall–Kier alpha value is -2.53. The zero-order valence-electron chi connectivity index (χ0n) is 18.1. The number of hydrogen-bond acceptors (Lipinski definition) is 4. The molecule has 160 valence electrons. The second-order valence-electron chi connectivity index (χ2n) is 8.57. The minimum Gasteiger partial charge on any atom is -0.497 e. The van der Waals surface area contributed by atoms with E-state index in [2.05, 4.69) is 0 Å². The van der Waals surface area contributed by atoms with Crippen LogP contribution < -0.4 is 9.47 Å². The molecule has 3 atom stereocenters. The lowest BCUT2D eigenvalue weighted by Gasteiger charge is -2.52. The van der Waals surface area contributed by atoms with Gasteiger partial charge in [-0.1, -0.05) is 31.0 Å². The number of ether oxygens (including phenoxy) is 2. The first-order valence-corrected chi connectivity index (χ1v) is 10.8. The van der Waals surface area contributed by atoms with E-state index in [1.165, 1.54) is 0 Å². The van der Waals surface area contributed by atoms with Crippen molar-refractivity contribution in [2.75, 3.05) is 20.8 Å². The van der Waals surface area contributed by atoms with Gasteiger partial charge in [0.05, 0.1) is 25.9 Å². The van der Waals surface area contributed by atoms with Crippen molar-refractivity contribution in [1.29, 1.82) is 0 Å². The van der Waals surface area contributed by atoms with Crippen LogP contribution in [-0.2, 0) is 0 Å². The lowest BCUT2D eigenvalue weighted by molar-refractivity contribution is -0.115. The molecule has 1 heterocycles. The summed E-state index contributed by atoms with van der Waals surface area (Å²) in [6.07, 6.45) is 4.37. The van der Waals surface area contributed by atoms with Crippen LogP contribution in [0.1, 0.15) is 59.6 Å². The monoisotopic (exact) mass is 409 g/mol.